The molecule has 0 aliphatic rings. The summed E-state index contributed by atoms with van der Waals surface area (Å²) >= 11 is 0. The lowest BCUT2D eigenvalue weighted by Gasteiger charge is -2.17. The van der Waals surface area contributed by atoms with Crippen LogP contribution in [0.3, 0.4) is 0 Å². The van der Waals surface area contributed by atoms with Crippen molar-refractivity contribution < 1.29 is 14.3 Å². The summed E-state index contributed by atoms with van der Waals surface area (Å²) in [6, 6.07) is 4.93. The standard InChI is InChI=1S/C15H24N2O3.ClH/c1-4-17(5-2)9-10-20-15(18)12-7-8-13(16)14(11-12)19-6-3;/h7-8,11H,4-6,9-10,16H2,1-3H3;1H. The second-order valence-electron chi connectivity index (χ2n) is 4.35. The fourth-order valence-electron chi connectivity index (χ4n) is 1.83. The number of rotatable bonds is 8. The molecule has 2 N–H and O–H groups in total. The highest BCUT2D eigenvalue weighted by molar-refractivity contribution is 5.90. The third-order valence-corrected chi connectivity index (χ3v) is 3.08. The van der Waals surface area contributed by atoms with Gasteiger partial charge in [-0.05, 0) is 38.2 Å². The van der Waals surface area contributed by atoms with Gasteiger partial charge in [-0.25, -0.2) is 4.79 Å². The van der Waals surface area contributed by atoms with E-state index < -0.39 is 0 Å². The number of esters is 1. The van der Waals surface area contributed by atoms with Gasteiger partial charge in [0.1, 0.15) is 12.4 Å². The SMILES string of the molecule is CCOc1cc(C(=O)OCCN(CC)CC)ccc1N.Cl. The molecule has 6 heteroatoms. The summed E-state index contributed by atoms with van der Waals surface area (Å²) in [5.74, 6) is 0.170. The van der Waals surface area contributed by atoms with Crippen molar-refractivity contribution in [2.45, 2.75) is 20.8 Å². The topological polar surface area (TPSA) is 64.8 Å². The Balaban J connectivity index is 0.00000400. The van der Waals surface area contributed by atoms with E-state index >= 15 is 0 Å². The summed E-state index contributed by atoms with van der Waals surface area (Å²) in [6.07, 6.45) is 0. The molecule has 0 radical (unpaired) electrons. The van der Waals surface area contributed by atoms with Crippen molar-refractivity contribution in [2.75, 3.05) is 38.6 Å². The van der Waals surface area contributed by atoms with Crippen LogP contribution in [0.2, 0.25) is 0 Å². The van der Waals surface area contributed by atoms with E-state index in [4.69, 9.17) is 15.2 Å². The molecule has 0 aliphatic heterocycles. The Bertz CT molecular complexity index is 437. The summed E-state index contributed by atoms with van der Waals surface area (Å²) < 4.78 is 10.6. The van der Waals surface area contributed by atoms with Crippen molar-refractivity contribution >= 4 is 24.1 Å². The Morgan fingerprint density at radius 3 is 2.48 bits per heavy atom. The van der Waals surface area contributed by atoms with Gasteiger partial charge in [0, 0.05) is 6.54 Å². The van der Waals surface area contributed by atoms with Crippen molar-refractivity contribution in [3.63, 3.8) is 0 Å². The maximum atomic E-state index is 11.9. The molecule has 0 unspecified atom stereocenters. The lowest BCUT2D eigenvalue weighted by atomic mass is 10.2. The third-order valence-electron chi connectivity index (χ3n) is 3.08. The van der Waals surface area contributed by atoms with Crippen molar-refractivity contribution in [1.29, 1.82) is 0 Å². The van der Waals surface area contributed by atoms with Crippen LogP contribution in [0.4, 0.5) is 5.69 Å². The van der Waals surface area contributed by atoms with Crippen LogP contribution in [0.1, 0.15) is 31.1 Å². The minimum Gasteiger partial charge on any atom is -0.492 e. The Labute approximate surface area is 132 Å². The summed E-state index contributed by atoms with van der Waals surface area (Å²) in [7, 11) is 0. The number of benzene rings is 1. The number of carbonyl (C=O) groups excluding carboxylic acids is 1. The molecule has 1 aromatic rings. The number of hydrogen-bond donors (Lipinski definition) is 1. The monoisotopic (exact) mass is 316 g/mol. The van der Waals surface area contributed by atoms with E-state index in [-0.39, 0.29) is 18.4 Å². The molecule has 0 fully saturated rings. The Kier molecular flexibility index (Phi) is 9.58. The first-order valence-corrected chi connectivity index (χ1v) is 7.04. The first kappa shape index (κ1) is 19.5. The first-order valence-electron chi connectivity index (χ1n) is 7.04. The lowest BCUT2D eigenvalue weighted by Crippen LogP contribution is -2.27. The van der Waals surface area contributed by atoms with Crippen molar-refractivity contribution in [3.05, 3.63) is 23.8 Å². The number of nitrogens with two attached hydrogens (primary N) is 1. The minimum absolute atomic E-state index is 0. The molecular formula is C15H25ClN2O3. The molecule has 5 nitrogen and oxygen atoms in total. The van der Waals surface area contributed by atoms with Gasteiger partial charge in [-0.3, -0.25) is 0 Å². The molecule has 21 heavy (non-hydrogen) atoms. The van der Waals surface area contributed by atoms with Crippen molar-refractivity contribution in [1.82, 2.24) is 4.90 Å². The predicted molar refractivity (Wildman–Crippen MR) is 87.3 cm³/mol. The number of anilines is 1. The van der Waals surface area contributed by atoms with Gasteiger partial charge < -0.3 is 20.1 Å². The van der Waals surface area contributed by atoms with Gasteiger partial charge in [0.2, 0.25) is 0 Å². The summed E-state index contributed by atoms with van der Waals surface area (Å²) in [5, 5.41) is 0. The largest absolute Gasteiger partial charge is 0.492 e. The molecule has 120 valence electrons. The lowest BCUT2D eigenvalue weighted by molar-refractivity contribution is 0.0466. The summed E-state index contributed by atoms with van der Waals surface area (Å²) in [4.78, 5) is 14.1. The maximum absolute atomic E-state index is 11.9. The van der Waals surface area contributed by atoms with E-state index in [0.717, 1.165) is 19.6 Å². The van der Waals surface area contributed by atoms with Gasteiger partial charge in [-0.2, -0.15) is 0 Å². The molecule has 0 saturated heterocycles. The molecule has 0 aliphatic carbocycles. The molecule has 1 aromatic carbocycles. The van der Waals surface area contributed by atoms with Gasteiger partial charge >= 0.3 is 5.97 Å². The van der Waals surface area contributed by atoms with Crippen molar-refractivity contribution in [3.8, 4) is 5.75 Å². The molecule has 0 heterocycles. The van der Waals surface area contributed by atoms with Gasteiger partial charge in [0.15, 0.2) is 0 Å². The zero-order valence-electron chi connectivity index (χ0n) is 12.9. The molecule has 0 atom stereocenters. The second-order valence-corrected chi connectivity index (χ2v) is 4.35. The first-order chi connectivity index (χ1) is 9.62. The summed E-state index contributed by atoms with van der Waals surface area (Å²) in [5.41, 5.74) is 6.75. The van der Waals surface area contributed by atoms with E-state index in [1.165, 1.54) is 0 Å². The van der Waals surface area contributed by atoms with Crippen LogP contribution < -0.4 is 10.5 Å². The van der Waals surface area contributed by atoms with Crippen LogP contribution in [0.25, 0.3) is 0 Å². The van der Waals surface area contributed by atoms with Gasteiger partial charge in [-0.15, -0.1) is 12.4 Å². The van der Waals surface area contributed by atoms with Crippen LogP contribution in [0.5, 0.6) is 5.75 Å². The number of likely N-dealkylation sites (N-methyl/N-ethyl adjacent to an activating group) is 1. The van der Waals surface area contributed by atoms with E-state index in [1.807, 2.05) is 6.92 Å². The fraction of sp³-hybridized carbons (Fsp3) is 0.533. The van der Waals surface area contributed by atoms with E-state index in [2.05, 4.69) is 18.7 Å². The summed E-state index contributed by atoms with van der Waals surface area (Å²) in [6.45, 7) is 9.56. The highest BCUT2D eigenvalue weighted by Gasteiger charge is 2.11. The quantitative estimate of drug-likeness (QED) is 0.590. The number of hydrogen-bond acceptors (Lipinski definition) is 5. The number of ether oxygens (including phenoxy) is 2. The van der Waals surface area contributed by atoms with E-state index in [0.29, 0.717) is 30.2 Å². The third kappa shape index (κ3) is 6.23. The van der Waals surface area contributed by atoms with Crippen LogP contribution in [0.15, 0.2) is 18.2 Å². The van der Waals surface area contributed by atoms with Gasteiger partial charge in [0.05, 0.1) is 17.9 Å². The van der Waals surface area contributed by atoms with Gasteiger partial charge in [-0.1, -0.05) is 13.8 Å². The molecule has 0 saturated carbocycles. The molecule has 1 rings (SSSR count). The molecular weight excluding hydrogens is 292 g/mol. The average Bonchev–Trinajstić information content (AvgIpc) is 2.46. The van der Waals surface area contributed by atoms with Crippen molar-refractivity contribution in [2.24, 2.45) is 0 Å². The smallest absolute Gasteiger partial charge is 0.338 e. The van der Waals surface area contributed by atoms with E-state index in [1.54, 1.807) is 18.2 Å². The van der Waals surface area contributed by atoms with Crippen LogP contribution >= 0.6 is 12.4 Å². The Morgan fingerprint density at radius 1 is 1.24 bits per heavy atom. The average molecular weight is 317 g/mol. The fourth-order valence-corrected chi connectivity index (χ4v) is 1.83. The molecule has 0 spiro atoms. The highest BCUT2D eigenvalue weighted by atomic mass is 35.5. The predicted octanol–water partition coefficient (Wildman–Crippen LogP) is 2.59. The maximum Gasteiger partial charge on any atom is 0.338 e. The molecule has 0 amide bonds. The van der Waals surface area contributed by atoms with Gasteiger partial charge in [0.25, 0.3) is 0 Å². The number of nitrogens with zero attached hydrogens (tertiary/aromatic N) is 1. The van der Waals surface area contributed by atoms with Crippen LogP contribution in [-0.2, 0) is 4.74 Å². The Morgan fingerprint density at radius 2 is 1.90 bits per heavy atom. The normalized spacial score (nSPS) is 10.1. The minimum atomic E-state index is -0.349. The number of halogens is 1. The van der Waals surface area contributed by atoms with Crippen LogP contribution in [-0.4, -0.2) is 43.7 Å². The van der Waals surface area contributed by atoms with E-state index in [9.17, 15) is 4.79 Å². The number of nitrogen functional groups attached to an aromatic ring is 1. The van der Waals surface area contributed by atoms with Crippen LogP contribution in [0, 0.1) is 0 Å². The zero-order chi connectivity index (χ0) is 15.0. The molecule has 0 aromatic heterocycles. The number of carbonyl (C=O) groups is 1. The second kappa shape index (κ2) is 10.3. The zero-order valence-corrected chi connectivity index (χ0v) is 13.7. The Hall–Kier alpha value is -1.46. The molecule has 0 bridgehead atoms. The highest BCUT2D eigenvalue weighted by Crippen LogP contribution is 2.23.